The molecule has 1 aromatic carbocycles. The molecule has 1 saturated heterocycles. The number of likely N-dealkylation sites (tertiary alicyclic amines) is 1. The number of amides is 1. The fraction of sp³-hybridized carbons (Fsp3) is 0.550. The van der Waals surface area contributed by atoms with Gasteiger partial charge in [0.05, 0.1) is 12.2 Å². The van der Waals surface area contributed by atoms with E-state index in [0.29, 0.717) is 17.8 Å². The van der Waals surface area contributed by atoms with E-state index in [1.54, 1.807) is 0 Å². The van der Waals surface area contributed by atoms with Crippen molar-refractivity contribution < 1.29 is 4.79 Å². The fourth-order valence-corrected chi connectivity index (χ4v) is 3.53. The number of rotatable bonds is 6. The Kier molecular flexibility index (Phi) is 5.02. The Balaban J connectivity index is 1.29. The molecule has 26 heavy (non-hydrogen) atoms. The number of hydrogen-bond donors (Lipinski definition) is 1. The van der Waals surface area contributed by atoms with Gasteiger partial charge in [0.25, 0.3) is 5.91 Å². The smallest absolute Gasteiger partial charge is 0.273 e. The van der Waals surface area contributed by atoms with Gasteiger partial charge in [-0.05, 0) is 43.2 Å². The van der Waals surface area contributed by atoms with Crippen LogP contribution < -0.4 is 5.32 Å². The second-order valence-electron chi connectivity index (χ2n) is 7.51. The van der Waals surface area contributed by atoms with Crippen LogP contribution in [0.3, 0.4) is 0 Å². The molecule has 138 valence electrons. The van der Waals surface area contributed by atoms with Crippen molar-refractivity contribution in [1.29, 1.82) is 0 Å². The molecular weight excluding hydrogens is 326 g/mol. The lowest BCUT2D eigenvalue weighted by molar-refractivity contribution is 0.0946. The van der Waals surface area contributed by atoms with Gasteiger partial charge in [-0.15, -0.1) is 5.10 Å². The van der Waals surface area contributed by atoms with Gasteiger partial charge in [-0.2, -0.15) is 0 Å². The Morgan fingerprint density at radius 2 is 1.81 bits per heavy atom. The first-order chi connectivity index (χ1) is 12.7. The molecule has 0 bridgehead atoms. The highest BCUT2D eigenvalue weighted by atomic mass is 16.2. The maximum atomic E-state index is 12.1. The number of nitrogens with zero attached hydrogens (tertiary/aromatic N) is 4. The minimum atomic E-state index is -0.0910. The lowest BCUT2D eigenvalue weighted by Gasteiger charge is -2.31. The molecule has 1 amide bonds. The lowest BCUT2D eigenvalue weighted by atomic mass is 10.0. The first-order valence-electron chi connectivity index (χ1n) is 9.74. The van der Waals surface area contributed by atoms with E-state index in [9.17, 15) is 4.79 Å². The van der Waals surface area contributed by atoms with Crippen molar-refractivity contribution in [3.05, 3.63) is 47.3 Å². The van der Waals surface area contributed by atoms with Gasteiger partial charge in [0.15, 0.2) is 5.69 Å². The average Bonchev–Trinajstić information content (AvgIpc) is 3.34. The highest BCUT2D eigenvalue weighted by molar-refractivity contribution is 5.92. The molecule has 1 aliphatic carbocycles. The number of benzene rings is 1. The summed E-state index contributed by atoms with van der Waals surface area (Å²) in [5.74, 6) is -0.0910. The first kappa shape index (κ1) is 17.2. The predicted molar refractivity (Wildman–Crippen MR) is 99.9 cm³/mol. The van der Waals surface area contributed by atoms with Crippen molar-refractivity contribution in [2.75, 3.05) is 13.1 Å². The topological polar surface area (TPSA) is 63.1 Å². The van der Waals surface area contributed by atoms with Gasteiger partial charge in [-0.3, -0.25) is 9.69 Å². The Bertz CT molecular complexity index is 742. The average molecular weight is 353 g/mol. The number of aromatic nitrogens is 3. The summed E-state index contributed by atoms with van der Waals surface area (Å²) in [5, 5.41) is 11.2. The molecule has 6 nitrogen and oxygen atoms in total. The van der Waals surface area contributed by atoms with Crippen LogP contribution in [0.25, 0.3) is 0 Å². The Hall–Kier alpha value is -2.21. The van der Waals surface area contributed by atoms with E-state index in [4.69, 9.17) is 0 Å². The molecular formula is C20H27N5O. The molecule has 4 rings (SSSR count). The summed E-state index contributed by atoms with van der Waals surface area (Å²) in [6, 6.07) is 9.63. The zero-order valence-electron chi connectivity index (χ0n) is 15.4. The summed E-state index contributed by atoms with van der Waals surface area (Å²) in [4.78, 5) is 14.6. The van der Waals surface area contributed by atoms with E-state index < -0.39 is 0 Å². The molecule has 1 saturated carbocycles. The van der Waals surface area contributed by atoms with Crippen LogP contribution in [0.4, 0.5) is 0 Å². The van der Waals surface area contributed by atoms with E-state index in [0.717, 1.165) is 51.7 Å². The van der Waals surface area contributed by atoms with Gasteiger partial charge in [-0.25, -0.2) is 4.68 Å². The zero-order valence-corrected chi connectivity index (χ0v) is 15.4. The molecule has 1 N–H and O–H groups in total. The number of carbonyl (C=O) groups is 1. The van der Waals surface area contributed by atoms with Gasteiger partial charge in [0, 0.05) is 25.7 Å². The number of nitrogens with one attached hydrogen (secondary N) is 1. The van der Waals surface area contributed by atoms with Gasteiger partial charge in [0.2, 0.25) is 0 Å². The highest BCUT2D eigenvalue weighted by Gasteiger charge is 2.26. The molecule has 0 spiro atoms. The van der Waals surface area contributed by atoms with E-state index in [-0.39, 0.29) is 5.91 Å². The number of aryl methyl sites for hydroxylation is 1. The monoisotopic (exact) mass is 353 g/mol. The van der Waals surface area contributed by atoms with Crippen LogP contribution >= 0.6 is 0 Å². The minimum absolute atomic E-state index is 0.0910. The van der Waals surface area contributed by atoms with Crippen LogP contribution in [0.5, 0.6) is 0 Å². The van der Waals surface area contributed by atoms with Crippen LogP contribution in [-0.4, -0.2) is 44.9 Å². The first-order valence-corrected chi connectivity index (χ1v) is 9.74. The van der Waals surface area contributed by atoms with Crippen LogP contribution in [0.15, 0.2) is 30.5 Å². The number of hydrogen-bond acceptors (Lipinski definition) is 4. The Morgan fingerprint density at radius 1 is 1.12 bits per heavy atom. The molecule has 2 heterocycles. The maximum Gasteiger partial charge on any atom is 0.273 e. The quantitative estimate of drug-likeness (QED) is 0.867. The van der Waals surface area contributed by atoms with Crippen molar-refractivity contribution >= 4 is 5.91 Å². The molecule has 6 heteroatoms. The van der Waals surface area contributed by atoms with Gasteiger partial charge in [0.1, 0.15) is 0 Å². The third-order valence-corrected chi connectivity index (χ3v) is 5.42. The van der Waals surface area contributed by atoms with E-state index in [1.807, 2.05) is 10.9 Å². The summed E-state index contributed by atoms with van der Waals surface area (Å²) < 4.78 is 1.88. The maximum absolute atomic E-state index is 12.1. The van der Waals surface area contributed by atoms with Crippen LogP contribution in [0.2, 0.25) is 0 Å². The number of carbonyl (C=O) groups excluding carboxylic acids is 1. The third kappa shape index (κ3) is 4.12. The molecule has 1 aromatic heterocycles. The normalized spacial score (nSPS) is 18.8. The molecule has 2 fully saturated rings. The van der Waals surface area contributed by atoms with Crippen LogP contribution in [0.1, 0.15) is 60.3 Å². The Labute approximate surface area is 154 Å². The van der Waals surface area contributed by atoms with Crippen molar-refractivity contribution in [2.24, 2.45) is 0 Å². The second-order valence-corrected chi connectivity index (χ2v) is 7.51. The number of piperidine rings is 1. The summed E-state index contributed by atoms with van der Waals surface area (Å²) in [5.41, 5.74) is 3.20. The summed E-state index contributed by atoms with van der Waals surface area (Å²) >= 11 is 0. The lowest BCUT2D eigenvalue weighted by Crippen LogP contribution is -2.34. The van der Waals surface area contributed by atoms with E-state index in [2.05, 4.69) is 51.7 Å². The van der Waals surface area contributed by atoms with Crippen molar-refractivity contribution in [2.45, 2.75) is 57.7 Å². The SMILES string of the molecule is CCc1ccc(CN2CCC(n3cc(C(=O)NC4CC4)nn3)CC2)cc1. The second kappa shape index (κ2) is 7.58. The zero-order chi connectivity index (χ0) is 17.9. The van der Waals surface area contributed by atoms with Crippen LogP contribution in [-0.2, 0) is 13.0 Å². The van der Waals surface area contributed by atoms with E-state index in [1.165, 1.54) is 11.1 Å². The summed E-state index contributed by atoms with van der Waals surface area (Å²) in [6.07, 6.45) is 7.14. The summed E-state index contributed by atoms with van der Waals surface area (Å²) in [6.45, 7) is 5.28. The summed E-state index contributed by atoms with van der Waals surface area (Å²) in [7, 11) is 0. The van der Waals surface area contributed by atoms with Gasteiger partial charge < -0.3 is 5.32 Å². The Morgan fingerprint density at radius 3 is 2.46 bits per heavy atom. The molecule has 1 aliphatic heterocycles. The van der Waals surface area contributed by atoms with Crippen LogP contribution in [0, 0.1) is 0 Å². The van der Waals surface area contributed by atoms with E-state index >= 15 is 0 Å². The molecule has 0 radical (unpaired) electrons. The minimum Gasteiger partial charge on any atom is -0.348 e. The van der Waals surface area contributed by atoms with Crippen molar-refractivity contribution in [3.8, 4) is 0 Å². The molecule has 0 unspecified atom stereocenters. The van der Waals surface area contributed by atoms with Gasteiger partial charge >= 0.3 is 0 Å². The third-order valence-electron chi connectivity index (χ3n) is 5.42. The largest absolute Gasteiger partial charge is 0.348 e. The van der Waals surface area contributed by atoms with Gasteiger partial charge in [-0.1, -0.05) is 36.4 Å². The highest BCUT2D eigenvalue weighted by Crippen LogP contribution is 2.23. The van der Waals surface area contributed by atoms with Crippen molar-refractivity contribution in [1.82, 2.24) is 25.2 Å². The molecule has 0 atom stereocenters. The molecule has 2 aromatic rings. The molecule has 2 aliphatic rings. The van der Waals surface area contributed by atoms with Crippen molar-refractivity contribution in [3.63, 3.8) is 0 Å². The standard InChI is InChI=1S/C20H27N5O/c1-2-15-3-5-16(6-4-15)13-24-11-9-18(10-12-24)25-14-19(22-23-25)20(26)21-17-7-8-17/h3-6,14,17-18H,2,7-13H2,1H3,(H,21,26). The fourth-order valence-electron chi connectivity index (χ4n) is 3.53. The predicted octanol–water partition coefficient (Wildman–Crippen LogP) is 2.57.